The van der Waals surface area contributed by atoms with Crippen LogP contribution in [0.15, 0.2) is 53.5 Å². The van der Waals surface area contributed by atoms with Crippen LogP contribution in [0.3, 0.4) is 0 Å². The molecule has 26 heavy (non-hydrogen) atoms. The normalized spacial score (nSPS) is 10.7. The second-order valence-corrected chi connectivity index (χ2v) is 7.80. The molecule has 0 atom stereocenters. The van der Waals surface area contributed by atoms with Crippen LogP contribution in [-0.2, 0) is 11.3 Å². The van der Waals surface area contributed by atoms with Crippen molar-refractivity contribution < 1.29 is 4.79 Å². The molecule has 2 heterocycles. The van der Waals surface area contributed by atoms with Gasteiger partial charge in [0.2, 0.25) is 5.91 Å². The van der Waals surface area contributed by atoms with E-state index in [9.17, 15) is 4.79 Å². The molecule has 2 aromatic heterocycles. The van der Waals surface area contributed by atoms with Crippen molar-refractivity contribution in [3.63, 3.8) is 0 Å². The van der Waals surface area contributed by atoms with E-state index in [0.717, 1.165) is 10.7 Å². The van der Waals surface area contributed by atoms with Crippen LogP contribution < -0.4 is 5.32 Å². The molecule has 3 aromatic rings. The Morgan fingerprint density at radius 2 is 2.15 bits per heavy atom. The maximum atomic E-state index is 12.2. The summed E-state index contributed by atoms with van der Waals surface area (Å²) in [7, 11) is 0. The Kier molecular flexibility index (Phi) is 6.37. The predicted octanol–water partition coefficient (Wildman–Crippen LogP) is 5.23. The summed E-state index contributed by atoms with van der Waals surface area (Å²) in [5.74, 6) is 0.730. The van der Waals surface area contributed by atoms with E-state index in [0.29, 0.717) is 27.4 Å². The van der Waals surface area contributed by atoms with Gasteiger partial charge in [0, 0.05) is 6.54 Å². The first-order valence-electron chi connectivity index (χ1n) is 7.54. The van der Waals surface area contributed by atoms with Crippen LogP contribution in [0.25, 0.3) is 10.7 Å². The van der Waals surface area contributed by atoms with Crippen molar-refractivity contribution in [2.75, 3.05) is 11.1 Å². The van der Waals surface area contributed by atoms with Gasteiger partial charge in [0.1, 0.15) is 0 Å². The van der Waals surface area contributed by atoms with Gasteiger partial charge in [-0.3, -0.25) is 9.36 Å². The molecule has 1 amide bonds. The number of rotatable bonds is 7. The third kappa shape index (κ3) is 4.29. The Bertz CT molecular complexity index is 925. The van der Waals surface area contributed by atoms with Gasteiger partial charge >= 0.3 is 0 Å². The van der Waals surface area contributed by atoms with Crippen LogP contribution in [0.2, 0.25) is 10.0 Å². The van der Waals surface area contributed by atoms with Crippen LogP contribution >= 0.6 is 46.3 Å². The topological polar surface area (TPSA) is 59.8 Å². The minimum absolute atomic E-state index is 0.169. The molecule has 3 rings (SSSR count). The van der Waals surface area contributed by atoms with E-state index in [1.54, 1.807) is 35.6 Å². The molecule has 0 aliphatic heterocycles. The molecule has 0 aliphatic carbocycles. The Labute approximate surface area is 169 Å². The number of benzene rings is 1. The SMILES string of the molecule is C=CCn1c(SCC(=O)Nc2cccc(Cl)c2Cl)nnc1-c1cccs1. The number of allylic oxidation sites excluding steroid dienone is 1. The van der Waals surface area contributed by atoms with Crippen LogP contribution in [0.1, 0.15) is 0 Å². The van der Waals surface area contributed by atoms with Crippen molar-refractivity contribution in [3.8, 4) is 10.7 Å². The minimum Gasteiger partial charge on any atom is -0.324 e. The monoisotopic (exact) mass is 424 g/mol. The smallest absolute Gasteiger partial charge is 0.234 e. The zero-order valence-electron chi connectivity index (χ0n) is 13.5. The summed E-state index contributed by atoms with van der Waals surface area (Å²) in [6, 6.07) is 9.04. The van der Waals surface area contributed by atoms with E-state index in [4.69, 9.17) is 23.2 Å². The van der Waals surface area contributed by atoms with Gasteiger partial charge in [0.25, 0.3) is 0 Å². The maximum Gasteiger partial charge on any atom is 0.234 e. The minimum atomic E-state index is -0.204. The van der Waals surface area contributed by atoms with Crippen molar-refractivity contribution in [2.45, 2.75) is 11.7 Å². The fourth-order valence-electron chi connectivity index (χ4n) is 2.19. The molecule has 1 aromatic carbocycles. The van der Waals surface area contributed by atoms with E-state index < -0.39 is 0 Å². The number of halogens is 2. The van der Waals surface area contributed by atoms with E-state index >= 15 is 0 Å². The average Bonchev–Trinajstić information content (AvgIpc) is 3.27. The number of carbonyl (C=O) groups is 1. The molecule has 0 aliphatic rings. The lowest BCUT2D eigenvalue weighted by Crippen LogP contribution is -2.15. The van der Waals surface area contributed by atoms with Crippen LogP contribution in [0, 0.1) is 0 Å². The van der Waals surface area contributed by atoms with Crippen molar-refractivity contribution in [1.29, 1.82) is 0 Å². The van der Waals surface area contributed by atoms with Gasteiger partial charge in [-0.2, -0.15) is 0 Å². The highest BCUT2D eigenvalue weighted by Gasteiger charge is 2.16. The molecule has 0 spiro atoms. The van der Waals surface area contributed by atoms with Gasteiger partial charge < -0.3 is 5.32 Å². The summed E-state index contributed by atoms with van der Waals surface area (Å²) in [6.45, 7) is 4.34. The molecule has 0 saturated carbocycles. The molecule has 9 heteroatoms. The molecular formula is C17H14Cl2N4OS2. The highest BCUT2D eigenvalue weighted by molar-refractivity contribution is 7.99. The van der Waals surface area contributed by atoms with Gasteiger partial charge in [-0.1, -0.05) is 53.2 Å². The summed E-state index contributed by atoms with van der Waals surface area (Å²) in [5.41, 5.74) is 0.483. The van der Waals surface area contributed by atoms with Gasteiger partial charge in [0.15, 0.2) is 11.0 Å². The lowest BCUT2D eigenvalue weighted by atomic mass is 10.3. The van der Waals surface area contributed by atoms with E-state index in [1.165, 1.54) is 11.8 Å². The molecule has 5 nitrogen and oxygen atoms in total. The molecule has 0 radical (unpaired) electrons. The lowest BCUT2D eigenvalue weighted by molar-refractivity contribution is -0.113. The van der Waals surface area contributed by atoms with E-state index in [2.05, 4.69) is 22.1 Å². The van der Waals surface area contributed by atoms with Crippen LogP contribution in [0.4, 0.5) is 5.69 Å². The van der Waals surface area contributed by atoms with Crippen molar-refractivity contribution in [1.82, 2.24) is 14.8 Å². The quantitative estimate of drug-likeness (QED) is 0.416. The van der Waals surface area contributed by atoms with Gasteiger partial charge in [0.05, 0.1) is 26.4 Å². The highest BCUT2D eigenvalue weighted by atomic mass is 35.5. The van der Waals surface area contributed by atoms with Crippen LogP contribution in [0.5, 0.6) is 0 Å². The molecule has 1 N–H and O–H groups in total. The van der Waals surface area contributed by atoms with E-state index in [-0.39, 0.29) is 11.7 Å². The summed E-state index contributed by atoms with van der Waals surface area (Å²) >= 11 is 14.9. The van der Waals surface area contributed by atoms with Crippen molar-refractivity contribution in [3.05, 3.63) is 58.4 Å². The number of aromatic nitrogens is 3. The third-order valence-corrected chi connectivity index (χ3v) is 5.98. The van der Waals surface area contributed by atoms with E-state index in [1.807, 2.05) is 22.1 Å². The zero-order valence-corrected chi connectivity index (χ0v) is 16.6. The first kappa shape index (κ1) is 19.0. The Morgan fingerprint density at radius 1 is 1.31 bits per heavy atom. The Morgan fingerprint density at radius 3 is 2.88 bits per heavy atom. The van der Waals surface area contributed by atoms with Crippen molar-refractivity contribution in [2.24, 2.45) is 0 Å². The molecule has 0 saturated heterocycles. The number of thioether (sulfide) groups is 1. The number of anilines is 1. The Hall–Kier alpha value is -1.80. The van der Waals surface area contributed by atoms with Crippen molar-refractivity contribution >= 4 is 57.9 Å². The van der Waals surface area contributed by atoms with Crippen LogP contribution in [-0.4, -0.2) is 26.4 Å². The first-order valence-corrected chi connectivity index (χ1v) is 10.2. The number of nitrogens with one attached hydrogen (secondary N) is 1. The number of amides is 1. The average molecular weight is 425 g/mol. The fourth-order valence-corrected chi connectivity index (χ4v) is 4.01. The molecule has 0 bridgehead atoms. The van der Waals surface area contributed by atoms with Gasteiger partial charge in [-0.05, 0) is 23.6 Å². The summed E-state index contributed by atoms with van der Waals surface area (Å²) in [6.07, 6.45) is 1.77. The number of carbonyl (C=O) groups excluding carboxylic acids is 1. The van der Waals surface area contributed by atoms with Gasteiger partial charge in [-0.15, -0.1) is 28.1 Å². The molecule has 134 valence electrons. The number of hydrogen-bond acceptors (Lipinski definition) is 5. The third-order valence-electron chi connectivity index (χ3n) is 3.33. The second kappa shape index (κ2) is 8.73. The fraction of sp³-hybridized carbons (Fsp3) is 0.118. The zero-order chi connectivity index (χ0) is 18.5. The molecule has 0 unspecified atom stereocenters. The lowest BCUT2D eigenvalue weighted by Gasteiger charge is -2.09. The molecule has 0 fully saturated rings. The maximum absolute atomic E-state index is 12.2. The number of nitrogens with zero attached hydrogens (tertiary/aromatic N) is 3. The standard InChI is InChI=1S/C17H14Cl2N4OS2/c1-2-8-23-16(13-7-4-9-25-13)21-22-17(23)26-10-14(24)20-12-6-3-5-11(18)15(12)19/h2-7,9H,1,8,10H2,(H,20,24). The largest absolute Gasteiger partial charge is 0.324 e. The highest BCUT2D eigenvalue weighted by Crippen LogP contribution is 2.30. The summed E-state index contributed by atoms with van der Waals surface area (Å²) in [4.78, 5) is 13.3. The van der Waals surface area contributed by atoms with Gasteiger partial charge in [-0.25, -0.2) is 0 Å². The summed E-state index contributed by atoms with van der Waals surface area (Å²) < 4.78 is 1.93. The number of hydrogen-bond donors (Lipinski definition) is 1. The molecular weight excluding hydrogens is 411 g/mol. The number of thiophene rings is 1. The second-order valence-electron chi connectivity index (χ2n) is 5.12. The first-order chi connectivity index (χ1) is 12.6. The predicted molar refractivity (Wildman–Crippen MR) is 109 cm³/mol. The summed E-state index contributed by atoms with van der Waals surface area (Å²) in [5, 5.41) is 14.6. The Balaban J connectivity index is 1.70.